The van der Waals surface area contributed by atoms with E-state index in [0.29, 0.717) is 19.3 Å². The maximum absolute atomic E-state index is 12.9. The molecule has 0 N–H and O–H groups in total. The molecule has 0 aliphatic rings. The van der Waals surface area contributed by atoms with E-state index in [1.54, 1.807) is 0 Å². The molecule has 0 radical (unpaired) electrons. The molecule has 1 unspecified atom stereocenters. The summed E-state index contributed by atoms with van der Waals surface area (Å²) in [6.45, 7) is 6.56. The molecule has 81 heavy (non-hydrogen) atoms. The van der Waals surface area contributed by atoms with E-state index in [2.05, 4.69) is 118 Å². The van der Waals surface area contributed by atoms with Gasteiger partial charge in [-0.2, -0.15) is 0 Å². The van der Waals surface area contributed by atoms with Gasteiger partial charge in [0.2, 0.25) is 0 Å². The van der Waals surface area contributed by atoms with E-state index in [9.17, 15) is 14.4 Å². The molecular formula is C75H130O6. The van der Waals surface area contributed by atoms with Gasteiger partial charge in [0.25, 0.3) is 0 Å². The normalized spacial score (nSPS) is 12.7. The lowest BCUT2D eigenvalue weighted by Crippen LogP contribution is -2.30. The number of unbranched alkanes of at least 4 members (excludes halogenated alkanes) is 36. The molecule has 6 nitrogen and oxygen atoms in total. The smallest absolute Gasteiger partial charge is 0.306 e. The quantitative estimate of drug-likeness (QED) is 0.0261. The Kier molecular flexibility index (Phi) is 65.7. The second-order valence-corrected chi connectivity index (χ2v) is 23.1. The fourth-order valence-electron chi connectivity index (χ4n) is 9.93. The van der Waals surface area contributed by atoms with Crippen LogP contribution >= 0.6 is 0 Å². The summed E-state index contributed by atoms with van der Waals surface area (Å²) in [6.07, 6.45) is 92.8. The average molecular weight is 1130 g/mol. The van der Waals surface area contributed by atoms with Crippen LogP contribution in [0.2, 0.25) is 0 Å². The fourth-order valence-corrected chi connectivity index (χ4v) is 9.93. The Balaban J connectivity index is 4.30. The predicted octanol–water partition coefficient (Wildman–Crippen LogP) is 24.0. The van der Waals surface area contributed by atoms with E-state index in [0.717, 1.165) is 122 Å². The molecule has 0 spiro atoms. The second kappa shape index (κ2) is 68.8. The molecule has 0 saturated carbocycles. The SMILES string of the molecule is CC/C=C\C/C=C\C/C=C\C/C=C\C/C=C\C/C=C\C/C=C\C/C=C\CCCCCCCCC(=O)OCC(COC(=O)CCCCCCCCCCCCCCC)OC(=O)CCCCCCCCCCCCCCCCCCCCC. The van der Waals surface area contributed by atoms with Crippen LogP contribution in [0.1, 0.15) is 342 Å². The van der Waals surface area contributed by atoms with Crippen LogP contribution in [0.4, 0.5) is 0 Å². The number of rotatable bonds is 63. The van der Waals surface area contributed by atoms with Crippen molar-refractivity contribution >= 4 is 17.9 Å². The molecule has 0 aromatic heterocycles. The molecule has 0 aromatic rings. The molecule has 1 atom stereocenters. The van der Waals surface area contributed by atoms with E-state index in [1.807, 2.05) is 0 Å². The van der Waals surface area contributed by atoms with Crippen molar-refractivity contribution in [2.45, 2.75) is 348 Å². The monoisotopic (exact) mass is 1130 g/mol. The number of esters is 3. The summed E-state index contributed by atoms with van der Waals surface area (Å²) in [7, 11) is 0. The first-order valence-electron chi connectivity index (χ1n) is 34.7. The zero-order valence-electron chi connectivity index (χ0n) is 53.5. The summed E-state index contributed by atoms with van der Waals surface area (Å²) >= 11 is 0. The lowest BCUT2D eigenvalue weighted by molar-refractivity contribution is -0.167. The van der Waals surface area contributed by atoms with Crippen LogP contribution < -0.4 is 0 Å². The van der Waals surface area contributed by atoms with Gasteiger partial charge in [-0.05, 0) is 83.5 Å². The van der Waals surface area contributed by atoms with Crippen molar-refractivity contribution < 1.29 is 28.6 Å². The first kappa shape index (κ1) is 77.3. The summed E-state index contributed by atoms with van der Waals surface area (Å²) in [5, 5.41) is 0. The molecule has 466 valence electrons. The minimum absolute atomic E-state index is 0.0769. The number of allylic oxidation sites excluding steroid dienone is 16. The van der Waals surface area contributed by atoms with Crippen LogP contribution in [0.3, 0.4) is 0 Å². The van der Waals surface area contributed by atoms with Gasteiger partial charge >= 0.3 is 17.9 Å². The molecule has 0 rings (SSSR count). The lowest BCUT2D eigenvalue weighted by Gasteiger charge is -2.18. The van der Waals surface area contributed by atoms with Crippen molar-refractivity contribution in [3.63, 3.8) is 0 Å². The third-order valence-corrected chi connectivity index (χ3v) is 15.1. The van der Waals surface area contributed by atoms with Crippen molar-refractivity contribution in [3.8, 4) is 0 Å². The molecule has 0 aliphatic carbocycles. The van der Waals surface area contributed by atoms with E-state index in [1.165, 1.54) is 180 Å². The maximum atomic E-state index is 12.9. The van der Waals surface area contributed by atoms with Crippen molar-refractivity contribution in [3.05, 3.63) is 97.2 Å². The van der Waals surface area contributed by atoms with E-state index in [-0.39, 0.29) is 31.1 Å². The van der Waals surface area contributed by atoms with Crippen LogP contribution in [0.15, 0.2) is 97.2 Å². The van der Waals surface area contributed by atoms with Crippen LogP contribution in [0.25, 0.3) is 0 Å². The van der Waals surface area contributed by atoms with Crippen LogP contribution in [-0.4, -0.2) is 37.2 Å². The minimum Gasteiger partial charge on any atom is -0.462 e. The Bertz CT molecular complexity index is 1580. The van der Waals surface area contributed by atoms with Crippen LogP contribution in [-0.2, 0) is 28.6 Å². The Morgan fingerprint density at radius 2 is 0.481 bits per heavy atom. The van der Waals surface area contributed by atoms with Gasteiger partial charge in [-0.15, -0.1) is 0 Å². The molecular weight excluding hydrogens is 997 g/mol. The number of carbonyl (C=O) groups excluding carboxylic acids is 3. The fraction of sp³-hybridized carbons (Fsp3) is 0.747. The molecule has 0 saturated heterocycles. The third-order valence-electron chi connectivity index (χ3n) is 15.1. The number of ether oxygens (including phenoxy) is 3. The summed E-state index contributed by atoms with van der Waals surface area (Å²) in [5.74, 6) is -0.874. The van der Waals surface area contributed by atoms with Gasteiger partial charge in [0.1, 0.15) is 13.2 Å². The van der Waals surface area contributed by atoms with Crippen molar-refractivity contribution in [1.82, 2.24) is 0 Å². The Morgan fingerprint density at radius 1 is 0.259 bits per heavy atom. The topological polar surface area (TPSA) is 78.9 Å². The molecule has 0 aromatic carbocycles. The first-order valence-corrected chi connectivity index (χ1v) is 34.7. The highest BCUT2D eigenvalue weighted by atomic mass is 16.6. The third kappa shape index (κ3) is 67.0. The summed E-state index contributed by atoms with van der Waals surface area (Å²) in [4.78, 5) is 38.4. The Labute approximate surface area is 502 Å². The maximum Gasteiger partial charge on any atom is 0.306 e. The van der Waals surface area contributed by atoms with Crippen molar-refractivity contribution in [1.29, 1.82) is 0 Å². The Hall–Kier alpha value is -3.67. The average Bonchev–Trinajstić information content (AvgIpc) is 3.46. The van der Waals surface area contributed by atoms with Gasteiger partial charge in [-0.3, -0.25) is 14.4 Å². The van der Waals surface area contributed by atoms with Gasteiger partial charge in [0.15, 0.2) is 6.10 Å². The first-order chi connectivity index (χ1) is 40.0. The summed E-state index contributed by atoms with van der Waals surface area (Å²) < 4.78 is 17.0. The van der Waals surface area contributed by atoms with Crippen molar-refractivity contribution in [2.24, 2.45) is 0 Å². The number of hydrogen-bond donors (Lipinski definition) is 0. The molecule has 0 amide bonds. The molecule has 0 fully saturated rings. The van der Waals surface area contributed by atoms with E-state index in [4.69, 9.17) is 14.2 Å². The number of carbonyl (C=O) groups is 3. The Morgan fingerprint density at radius 3 is 0.753 bits per heavy atom. The standard InChI is InChI=1S/C75H130O6/c1-4-7-10-13-16-19-22-25-27-29-31-32-33-34-35-36-37-38-39-40-41-42-44-45-47-50-53-56-59-62-65-68-74(77)80-71-72(70-79-73(76)67-64-61-58-55-52-49-24-21-18-15-12-9-6-3)81-75(78)69-66-63-60-57-54-51-48-46-43-30-28-26-23-20-17-14-11-8-5-2/h7,10,16,19,25,27,31-32,34-35,37-38,40-41,44-45,72H,4-6,8-9,11-15,17-18,20-24,26,28-30,33,36,39,42-43,46-71H2,1-3H3/b10-7-,19-16-,27-25-,32-31-,35-34-,38-37-,41-40-,45-44-. The van der Waals surface area contributed by atoms with Gasteiger partial charge in [-0.1, -0.05) is 336 Å². The van der Waals surface area contributed by atoms with Gasteiger partial charge in [-0.25, -0.2) is 0 Å². The summed E-state index contributed by atoms with van der Waals surface area (Å²) in [5.41, 5.74) is 0. The van der Waals surface area contributed by atoms with Crippen molar-refractivity contribution in [2.75, 3.05) is 13.2 Å². The molecule has 0 aliphatic heterocycles. The van der Waals surface area contributed by atoms with Gasteiger partial charge in [0, 0.05) is 19.3 Å². The zero-order valence-corrected chi connectivity index (χ0v) is 53.5. The van der Waals surface area contributed by atoms with E-state index < -0.39 is 6.10 Å². The van der Waals surface area contributed by atoms with Crippen LogP contribution in [0, 0.1) is 0 Å². The minimum atomic E-state index is -0.782. The zero-order chi connectivity index (χ0) is 58.5. The molecule has 0 heterocycles. The highest BCUT2D eigenvalue weighted by Crippen LogP contribution is 2.17. The van der Waals surface area contributed by atoms with E-state index >= 15 is 0 Å². The highest BCUT2D eigenvalue weighted by Gasteiger charge is 2.19. The second-order valence-electron chi connectivity index (χ2n) is 23.1. The predicted molar refractivity (Wildman–Crippen MR) is 353 cm³/mol. The lowest BCUT2D eigenvalue weighted by atomic mass is 10.0. The van der Waals surface area contributed by atoms with Gasteiger partial charge < -0.3 is 14.2 Å². The highest BCUT2D eigenvalue weighted by molar-refractivity contribution is 5.71. The summed E-state index contributed by atoms with van der Waals surface area (Å²) in [6, 6.07) is 0. The van der Waals surface area contributed by atoms with Crippen LogP contribution in [0.5, 0.6) is 0 Å². The molecule has 0 bridgehead atoms. The molecule has 6 heteroatoms. The van der Waals surface area contributed by atoms with Gasteiger partial charge in [0.05, 0.1) is 0 Å². The largest absolute Gasteiger partial charge is 0.462 e. The number of hydrogen-bond acceptors (Lipinski definition) is 6.